The third-order valence-electron chi connectivity index (χ3n) is 7.05. The number of fused-ring (bicyclic) bond motifs is 4. The number of hydrogen-bond donors (Lipinski definition) is 2. The van der Waals surface area contributed by atoms with Crippen LogP contribution >= 0.6 is 23.2 Å². The standard InChI is InChI=1S/C26H26Cl2N6O2/c1-31-10-12-32(13-11-31)26(36)16-2-5-19(6-3-16)30-25(35)23-21-22-24(34(21)23)29-8-9-33(22)15-17-14-18(27)4-7-20(17)28/h2-7,14,29H,8-13,15H2,1H3,(H,30,35). The molecule has 8 nitrogen and oxygen atoms in total. The second kappa shape index (κ2) is 9.03. The summed E-state index contributed by atoms with van der Waals surface area (Å²) in [7, 11) is 2.06. The van der Waals surface area contributed by atoms with Crippen LogP contribution in [-0.4, -0.2) is 72.5 Å². The number of benzene rings is 2. The van der Waals surface area contributed by atoms with Gasteiger partial charge in [-0.2, -0.15) is 0 Å². The van der Waals surface area contributed by atoms with Crippen molar-refractivity contribution in [3.05, 3.63) is 69.3 Å². The zero-order chi connectivity index (χ0) is 25.0. The molecule has 6 rings (SSSR count). The van der Waals surface area contributed by atoms with Gasteiger partial charge in [-0.25, -0.2) is 0 Å². The van der Waals surface area contributed by atoms with E-state index in [2.05, 4.69) is 27.5 Å². The van der Waals surface area contributed by atoms with Gasteiger partial charge < -0.3 is 25.3 Å². The van der Waals surface area contributed by atoms with Gasteiger partial charge in [0.2, 0.25) is 0 Å². The average molecular weight is 525 g/mol. The molecule has 0 aromatic heterocycles. The molecule has 0 aliphatic carbocycles. The molecule has 0 bridgehead atoms. The lowest BCUT2D eigenvalue weighted by Gasteiger charge is -2.34. The van der Waals surface area contributed by atoms with E-state index in [0.717, 1.165) is 62.0 Å². The molecule has 2 amide bonds. The summed E-state index contributed by atoms with van der Waals surface area (Å²) >= 11 is 12.6. The molecule has 4 aliphatic rings. The smallest absolute Gasteiger partial charge is 0.274 e. The van der Waals surface area contributed by atoms with Gasteiger partial charge in [-0.3, -0.25) is 14.2 Å². The maximum absolute atomic E-state index is 13.0. The average Bonchev–Trinajstić information content (AvgIpc) is 3.53. The molecule has 0 unspecified atom stereocenters. The predicted octanol–water partition coefficient (Wildman–Crippen LogP) is 4.17. The molecule has 1 saturated heterocycles. The molecular weight excluding hydrogens is 499 g/mol. The molecule has 1 fully saturated rings. The molecule has 0 radical (unpaired) electrons. The first-order chi connectivity index (χ1) is 17.4. The number of nitrogens with one attached hydrogen (secondary N) is 2. The van der Waals surface area contributed by atoms with Gasteiger partial charge in [0.15, 0.2) is 0 Å². The van der Waals surface area contributed by atoms with E-state index in [9.17, 15) is 9.59 Å². The molecule has 4 aliphatic heterocycles. The van der Waals surface area contributed by atoms with Gasteiger partial charge in [-0.1, -0.05) is 23.2 Å². The fraction of sp³-hybridized carbons (Fsp3) is 0.308. The third-order valence-corrected chi connectivity index (χ3v) is 7.65. The van der Waals surface area contributed by atoms with Crippen LogP contribution in [0, 0.1) is 0 Å². The van der Waals surface area contributed by atoms with Gasteiger partial charge in [0.1, 0.15) is 22.9 Å². The van der Waals surface area contributed by atoms with Gasteiger partial charge in [0.05, 0.1) is 0 Å². The van der Waals surface area contributed by atoms with Crippen LogP contribution in [0.25, 0.3) is 5.69 Å². The number of likely N-dealkylation sites (N-methyl/N-ethyl adjacent to an activating group) is 1. The number of anilines is 3. The molecule has 2 aromatic rings. The molecule has 10 heteroatoms. The minimum absolute atomic E-state index is 0.0279. The quantitative estimate of drug-likeness (QED) is 0.410. The lowest BCUT2D eigenvalue weighted by atomic mass is 10.1. The van der Waals surface area contributed by atoms with Gasteiger partial charge in [0, 0.05) is 67.1 Å². The normalized spacial score (nSPS) is 16.4. The first kappa shape index (κ1) is 23.2. The topological polar surface area (TPSA) is 72.8 Å². The Balaban J connectivity index is 1.13. The molecular formula is C26H26Cl2N6O2. The van der Waals surface area contributed by atoms with Gasteiger partial charge in [-0.15, -0.1) is 0 Å². The van der Waals surface area contributed by atoms with Crippen molar-refractivity contribution >= 4 is 52.2 Å². The van der Waals surface area contributed by atoms with Crippen LogP contribution in [0.15, 0.2) is 42.5 Å². The number of carbonyl (C=O) groups excluding carboxylic acids is 2. The molecule has 0 spiro atoms. The van der Waals surface area contributed by atoms with Crippen LogP contribution in [-0.2, 0) is 6.54 Å². The van der Waals surface area contributed by atoms with Gasteiger partial charge in [-0.05, 0) is 55.1 Å². The third kappa shape index (κ3) is 4.09. The Bertz CT molecular complexity index is 1360. The van der Waals surface area contributed by atoms with Crippen LogP contribution in [0.3, 0.4) is 0 Å². The fourth-order valence-electron chi connectivity index (χ4n) is 4.97. The monoisotopic (exact) mass is 524 g/mol. The Morgan fingerprint density at radius 2 is 1.72 bits per heavy atom. The molecule has 2 N–H and O–H groups in total. The first-order valence-corrected chi connectivity index (χ1v) is 12.8. The Kier molecular flexibility index (Phi) is 5.82. The van der Waals surface area contributed by atoms with Crippen molar-refractivity contribution in [2.24, 2.45) is 0 Å². The van der Waals surface area contributed by atoms with Crippen molar-refractivity contribution < 1.29 is 9.59 Å². The summed E-state index contributed by atoms with van der Waals surface area (Å²) in [5.74, 6) is 0.813. The summed E-state index contributed by atoms with van der Waals surface area (Å²) in [4.78, 5) is 32.1. The van der Waals surface area contributed by atoms with E-state index in [1.54, 1.807) is 30.3 Å². The molecule has 0 saturated carbocycles. The van der Waals surface area contributed by atoms with E-state index < -0.39 is 0 Å². The highest BCUT2D eigenvalue weighted by Gasteiger charge is 2.45. The maximum atomic E-state index is 13.0. The van der Waals surface area contributed by atoms with Crippen molar-refractivity contribution in [2.45, 2.75) is 6.54 Å². The second-order valence-electron chi connectivity index (χ2n) is 9.44. The molecule has 36 heavy (non-hydrogen) atoms. The lowest BCUT2D eigenvalue weighted by Crippen LogP contribution is -2.47. The highest BCUT2D eigenvalue weighted by atomic mass is 35.5. The van der Waals surface area contributed by atoms with Crippen molar-refractivity contribution in [1.29, 1.82) is 0 Å². The summed E-state index contributed by atoms with van der Waals surface area (Å²) in [6.45, 7) is 5.41. The molecule has 2 aromatic carbocycles. The Morgan fingerprint density at radius 3 is 2.47 bits per heavy atom. The van der Waals surface area contributed by atoms with Gasteiger partial charge in [0.25, 0.3) is 11.8 Å². The zero-order valence-electron chi connectivity index (χ0n) is 19.9. The van der Waals surface area contributed by atoms with E-state index in [-0.39, 0.29) is 11.8 Å². The second-order valence-corrected chi connectivity index (χ2v) is 10.3. The minimum Gasteiger partial charge on any atom is -0.368 e. The number of amides is 2. The first-order valence-electron chi connectivity index (χ1n) is 12.0. The number of nitrogens with zero attached hydrogens (tertiary/aromatic N) is 4. The van der Waals surface area contributed by atoms with Crippen molar-refractivity contribution in [3.63, 3.8) is 0 Å². The van der Waals surface area contributed by atoms with E-state index in [4.69, 9.17) is 23.2 Å². The van der Waals surface area contributed by atoms with Crippen LogP contribution in [0.5, 0.6) is 0 Å². The van der Waals surface area contributed by atoms with Crippen molar-refractivity contribution in [1.82, 2.24) is 14.4 Å². The zero-order valence-corrected chi connectivity index (χ0v) is 21.4. The summed E-state index contributed by atoms with van der Waals surface area (Å²) < 4.78 is 1.95. The maximum Gasteiger partial charge on any atom is 0.274 e. The minimum atomic E-state index is -0.167. The van der Waals surface area contributed by atoms with Crippen LogP contribution in [0.4, 0.5) is 17.2 Å². The SMILES string of the molecule is CN1CCN(C(=O)c2ccc(NC(=O)c3c4c5c(n3-4)NCCN5Cc3cc(Cl)ccc3Cl)cc2)CC1. The Labute approximate surface area is 219 Å². The number of carbonyl (C=O) groups is 2. The van der Waals surface area contributed by atoms with Crippen LogP contribution in [0.1, 0.15) is 26.4 Å². The fourth-order valence-corrected chi connectivity index (χ4v) is 5.34. The number of hydrogen-bond acceptors (Lipinski definition) is 5. The van der Waals surface area contributed by atoms with E-state index >= 15 is 0 Å². The summed E-state index contributed by atoms with van der Waals surface area (Å²) in [5, 5.41) is 7.68. The van der Waals surface area contributed by atoms with Gasteiger partial charge >= 0.3 is 0 Å². The van der Waals surface area contributed by atoms with Crippen molar-refractivity contribution in [2.75, 3.05) is 61.8 Å². The highest BCUT2D eigenvalue weighted by molar-refractivity contribution is 6.33. The summed E-state index contributed by atoms with van der Waals surface area (Å²) in [5.41, 5.74) is 4.87. The Morgan fingerprint density at radius 1 is 0.972 bits per heavy atom. The van der Waals surface area contributed by atoms with Crippen LogP contribution in [0.2, 0.25) is 10.0 Å². The molecule has 186 valence electrons. The number of piperazine rings is 1. The predicted molar refractivity (Wildman–Crippen MR) is 143 cm³/mol. The van der Waals surface area contributed by atoms with E-state index in [0.29, 0.717) is 33.5 Å². The highest BCUT2D eigenvalue weighted by Crippen LogP contribution is 2.54. The van der Waals surface area contributed by atoms with Crippen LogP contribution < -0.4 is 15.5 Å². The largest absolute Gasteiger partial charge is 0.368 e. The van der Waals surface area contributed by atoms with Crippen molar-refractivity contribution in [3.8, 4) is 5.69 Å². The Hall–Kier alpha value is -3.20. The number of aromatic nitrogens is 1. The lowest BCUT2D eigenvalue weighted by molar-refractivity contribution is 0.0664. The molecule has 0 atom stereocenters. The summed E-state index contributed by atoms with van der Waals surface area (Å²) in [6.07, 6.45) is 0. The number of halogens is 2. The summed E-state index contributed by atoms with van der Waals surface area (Å²) in [6, 6.07) is 12.6. The van der Waals surface area contributed by atoms with E-state index in [1.165, 1.54) is 0 Å². The molecule has 4 heterocycles. The number of rotatable bonds is 5. The van der Waals surface area contributed by atoms with E-state index in [1.807, 2.05) is 21.6 Å².